The number of allylic oxidation sites excluding steroid dienone is 3. The molecule has 2 heterocycles. The average molecular weight is 509 g/mol. The van der Waals surface area contributed by atoms with Gasteiger partial charge >= 0.3 is 6.18 Å². The van der Waals surface area contributed by atoms with Gasteiger partial charge in [0.2, 0.25) is 0 Å². The highest BCUT2D eigenvalue weighted by atomic mass is 35.5. The van der Waals surface area contributed by atoms with Crippen LogP contribution in [0.1, 0.15) is 47.2 Å². The Bertz CT molecular complexity index is 1290. The lowest BCUT2D eigenvalue weighted by Crippen LogP contribution is -2.26. The van der Waals surface area contributed by atoms with Crippen LogP contribution in [0.15, 0.2) is 47.6 Å². The Labute approximate surface area is 202 Å². The number of ether oxygens (including phenoxy) is 1. The van der Waals surface area contributed by atoms with Crippen LogP contribution in [0.4, 0.5) is 13.2 Å². The van der Waals surface area contributed by atoms with E-state index in [4.69, 9.17) is 16.3 Å². The second kappa shape index (κ2) is 8.99. The van der Waals surface area contributed by atoms with E-state index in [1.54, 1.807) is 38.4 Å². The number of carbonyl (C=O) groups excluding carboxylic acids is 1. The second-order valence-corrected chi connectivity index (χ2v) is 9.60. The third-order valence-electron chi connectivity index (χ3n) is 5.31. The minimum absolute atomic E-state index is 0.0707. The van der Waals surface area contributed by atoms with Gasteiger partial charge in [-0.05, 0) is 32.4 Å². The van der Waals surface area contributed by atoms with E-state index >= 15 is 0 Å². The predicted octanol–water partition coefficient (Wildman–Crippen LogP) is 6.00. The molecule has 1 aliphatic rings. The quantitative estimate of drug-likeness (QED) is 0.302. The van der Waals surface area contributed by atoms with Gasteiger partial charge in [0.25, 0.3) is 0 Å². The van der Waals surface area contributed by atoms with Gasteiger partial charge in [-0.25, -0.2) is 4.98 Å². The lowest BCUT2D eigenvalue weighted by Gasteiger charge is -2.29. The molecule has 0 saturated carbocycles. The van der Waals surface area contributed by atoms with E-state index in [2.05, 4.69) is 15.2 Å². The smallest absolute Gasteiger partial charge is 0.417 e. The highest BCUT2D eigenvalue weighted by Gasteiger charge is 2.37. The van der Waals surface area contributed by atoms with Gasteiger partial charge in [-0.2, -0.15) is 13.2 Å². The molecule has 0 amide bonds. The lowest BCUT2D eigenvalue weighted by molar-refractivity contribution is -0.137. The average Bonchev–Trinajstić information content (AvgIpc) is 3.41. The number of halogens is 4. The van der Waals surface area contributed by atoms with Crippen LogP contribution in [0.5, 0.6) is 0 Å². The molecule has 178 valence electrons. The van der Waals surface area contributed by atoms with E-state index in [1.807, 2.05) is 0 Å². The van der Waals surface area contributed by atoms with Crippen LogP contribution >= 0.6 is 22.9 Å². The normalized spacial score (nSPS) is 16.7. The summed E-state index contributed by atoms with van der Waals surface area (Å²) in [6.07, 6.45) is 0.0937. The molecule has 0 spiro atoms. The summed E-state index contributed by atoms with van der Waals surface area (Å²) in [4.78, 5) is 15.4. The SMILES string of the molecule is Cn1c(-c2ccccc2C(F)(F)F)nnc1C(C)(C)OC1=C(c2nc(C=O)cs2)CC(Cl)C=C1. The number of aldehydes is 1. The van der Waals surface area contributed by atoms with Crippen molar-refractivity contribution in [2.45, 2.75) is 37.4 Å². The monoisotopic (exact) mass is 508 g/mol. The minimum atomic E-state index is -4.53. The molecular formula is C23H20ClF3N4O2S. The molecule has 6 nitrogen and oxygen atoms in total. The van der Waals surface area contributed by atoms with E-state index in [9.17, 15) is 18.0 Å². The number of aromatic nitrogens is 4. The van der Waals surface area contributed by atoms with Crippen molar-refractivity contribution < 1.29 is 22.7 Å². The molecule has 0 aliphatic heterocycles. The predicted molar refractivity (Wildman–Crippen MR) is 123 cm³/mol. The topological polar surface area (TPSA) is 69.9 Å². The lowest BCUT2D eigenvalue weighted by atomic mass is 10.0. The van der Waals surface area contributed by atoms with Gasteiger partial charge in [-0.1, -0.05) is 24.3 Å². The van der Waals surface area contributed by atoms with E-state index in [0.29, 0.717) is 35.0 Å². The third-order valence-corrected chi connectivity index (χ3v) is 6.53. The molecule has 1 unspecified atom stereocenters. The van der Waals surface area contributed by atoms with Gasteiger partial charge in [-0.15, -0.1) is 33.1 Å². The van der Waals surface area contributed by atoms with Crippen molar-refractivity contribution in [1.82, 2.24) is 19.7 Å². The number of rotatable bonds is 6. The number of benzene rings is 1. The van der Waals surface area contributed by atoms with Gasteiger partial charge in [0.15, 0.2) is 23.5 Å². The molecule has 2 aromatic heterocycles. The van der Waals surface area contributed by atoms with Gasteiger partial charge in [-0.3, -0.25) is 4.79 Å². The molecule has 34 heavy (non-hydrogen) atoms. The molecule has 1 aliphatic carbocycles. The summed E-state index contributed by atoms with van der Waals surface area (Å²) in [5.74, 6) is 0.902. The van der Waals surface area contributed by atoms with E-state index < -0.39 is 17.3 Å². The molecule has 1 atom stereocenters. The van der Waals surface area contributed by atoms with Crippen LogP contribution in [0.25, 0.3) is 17.0 Å². The minimum Gasteiger partial charge on any atom is -0.479 e. The second-order valence-electron chi connectivity index (χ2n) is 8.18. The number of hydrogen-bond acceptors (Lipinski definition) is 6. The Morgan fingerprint density at radius 2 is 1.97 bits per heavy atom. The van der Waals surface area contributed by atoms with Crippen molar-refractivity contribution in [3.8, 4) is 11.4 Å². The van der Waals surface area contributed by atoms with Crippen molar-refractivity contribution >= 4 is 34.8 Å². The first kappa shape index (κ1) is 24.2. The highest BCUT2D eigenvalue weighted by molar-refractivity contribution is 7.11. The van der Waals surface area contributed by atoms with Crippen molar-refractivity contribution in [2.75, 3.05) is 0 Å². The Morgan fingerprint density at radius 3 is 2.65 bits per heavy atom. The largest absolute Gasteiger partial charge is 0.479 e. The standard InChI is InChI=1S/C23H20ClF3N4O2S/c1-22(2,33-18-9-8-13(24)10-16(18)20-28-14(11-32)12-34-20)21-30-29-19(31(21)3)15-6-4-5-7-17(15)23(25,26)27/h4-9,11-13H,10H2,1-3H3. The zero-order valence-electron chi connectivity index (χ0n) is 18.4. The first-order chi connectivity index (χ1) is 16.0. The summed E-state index contributed by atoms with van der Waals surface area (Å²) >= 11 is 7.62. The molecule has 11 heteroatoms. The number of alkyl halides is 4. The van der Waals surface area contributed by atoms with Crippen molar-refractivity contribution in [3.63, 3.8) is 0 Å². The summed E-state index contributed by atoms with van der Waals surface area (Å²) in [5.41, 5.74) is -0.883. The van der Waals surface area contributed by atoms with Crippen LogP contribution in [0.2, 0.25) is 0 Å². The van der Waals surface area contributed by atoms with Crippen LogP contribution < -0.4 is 0 Å². The number of thiazole rings is 1. The fourth-order valence-electron chi connectivity index (χ4n) is 3.76. The Hall–Kier alpha value is -2.98. The van der Waals surface area contributed by atoms with Gasteiger partial charge < -0.3 is 9.30 Å². The summed E-state index contributed by atoms with van der Waals surface area (Å²) in [7, 11) is 1.60. The van der Waals surface area contributed by atoms with Crippen LogP contribution in [0.3, 0.4) is 0 Å². The summed E-state index contributed by atoms with van der Waals surface area (Å²) in [5, 5.41) is 10.2. The molecule has 0 fully saturated rings. The molecule has 1 aromatic carbocycles. The maximum absolute atomic E-state index is 13.5. The van der Waals surface area contributed by atoms with Crippen molar-refractivity contribution in [2.24, 2.45) is 7.05 Å². The van der Waals surface area contributed by atoms with Crippen LogP contribution in [-0.4, -0.2) is 31.4 Å². The van der Waals surface area contributed by atoms with Gasteiger partial charge in [0.1, 0.15) is 16.5 Å². The van der Waals surface area contributed by atoms with Crippen LogP contribution in [0, 0.1) is 0 Å². The fourth-order valence-corrected chi connectivity index (χ4v) is 4.81. The Balaban J connectivity index is 1.72. The molecule has 0 radical (unpaired) electrons. The fraction of sp³-hybridized carbons (Fsp3) is 0.304. The molecule has 0 bridgehead atoms. The van der Waals surface area contributed by atoms with E-state index in [1.165, 1.54) is 34.1 Å². The summed E-state index contributed by atoms with van der Waals surface area (Å²) in [6.45, 7) is 3.50. The Morgan fingerprint density at radius 1 is 1.24 bits per heavy atom. The van der Waals surface area contributed by atoms with Crippen LogP contribution in [-0.2, 0) is 23.6 Å². The van der Waals surface area contributed by atoms with Gasteiger partial charge in [0, 0.05) is 23.6 Å². The maximum Gasteiger partial charge on any atom is 0.417 e. The molecule has 3 aromatic rings. The van der Waals surface area contributed by atoms with Gasteiger partial charge in [0.05, 0.1) is 10.9 Å². The van der Waals surface area contributed by atoms with Crippen molar-refractivity contribution in [3.05, 3.63) is 69.6 Å². The first-order valence-corrected chi connectivity index (χ1v) is 11.5. The molecule has 4 rings (SSSR count). The summed E-state index contributed by atoms with van der Waals surface area (Å²) < 4.78 is 48.4. The zero-order chi connectivity index (χ0) is 24.7. The highest BCUT2D eigenvalue weighted by Crippen LogP contribution is 2.39. The zero-order valence-corrected chi connectivity index (χ0v) is 20.0. The first-order valence-electron chi connectivity index (χ1n) is 10.2. The van der Waals surface area contributed by atoms with E-state index in [-0.39, 0.29) is 16.8 Å². The summed E-state index contributed by atoms with van der Waals surface area (Å²) in [6, 6.07) is 5.23. The maximum atomic E-state index is 13.5. The number of carbonyl (C=O) groups is 1. The Kier molecular flexibility index (Phi) is 6.39. The number of hydrogen-bond donors (Lipinski definition) is 0. The number of nitrogens with zero attached hydrogens (tertiary/aromatic N) is 4. The molecule has 0 saturated heterocycles. The van der Waals surface area contributed by atoms with E-state index in [0.717, 1.165) is 11.6 Å². The molecule has 0 N–H and O–H groups in total. The van der Waals surface area contributed by atoms with Crippen molar-refractivity contribution in [1.29, 1.82) is 0 Å². The molecular weight excluding hydrogens is 489 g/mol. The third kappa shape index (κ3) is 4.65.